The molecule has 0 saturated carbocycles. The van der Waals surface area contributed by atoms with Crippen LogP contribution in [0.1, 0.15) is 6.42 Å². The molecule has 0 aromatic rings. The van der Waals surface area contributed by atoms with Gasteiger partial charge in [0, 0.05) is 0 Å². The Bertz CT molecular complexity index is 455. The van der Waals surface area contributed by atoms with Crippen LogP contribution in [0.4, 0.5) is 0 Å². The number of cyclic esters (lactones) is 2. The molecule has 4 N–H and O–H groups in total. The molecule has 6 atom stereocenters. The van der Waals surface area contributed by atoms with Crippen LogP contribution in [0.25, 0.3) is 0 Å². The van der Waals surface area contributed by atoms with Gasteiger partial charge in [-0.25, -0.2) is 9.59 Å². The highest BCUT2D eigenvalue weighted by molar-refractivity contribution is 6.04. The second-order valence-corrected chi connectivity index (χ2v) is 4.69. The smallest absolute Gasteiger partial charge is 0.339 e. The summed E-state index contributed by atoms with van der Waals surface area (Å²) in [5.41, 5.74) is 0. The molecule has 0 bridgehead atoms. The molecule has 116 valence electrons. The fraction of sp³-hybridized carbons (Fsp3) is 0.636. The largest absolute Gasteiger partial charge is 0.454 e. The minimum atomic E-state index is -1.91. The molecule has 0 spiro atoms. The standard InChI is InChI=1S/C11H12O10/c12-2(4(14)8-6(16)10(18)20-8)1-3(13)5(15)9-7(17)11(19)21-9/h4-9,14-17H,1H2. The van der Waals surface area contributed by atoms with Gasteiger partial charge in [-0.05, 0) is 0 Å². The first-order valence-electron chi connectivity index (χ1n) is 5.92. The van der Waals surface area contributed by atoms with E-state index in [1.807, 2.05) is 0 Å². The van der Waals surface area contributed by atoms with Gasteiger partial charge in [-0.3, -0.25) is 9.59 Å². The zero-order valence-corrected chi connectivity index (χ0v) is 10.4. The first-order chi connectivity index (χ1) is 9.73. The lowest BCUT2D eigenvalue weighted by molar-refractivity contribution is -0.212. The molecule has 6 unspecified atom stereocenters. The molecule has 2 saturated heterocycles. The lowest BCUT2D eigenvalue weighted by Gasteiger charge is -2.35. The first kappa shape index (κ1) is 15.5. The summed E-state index contributed by atoms with van der Waals surface area (Å²) in [7, 11) is 0. The van der Waals surface area contributed by atoms with Crippen LogP contribution in [0, 0.1) is 0 Å². The third-order valence-corrected chi connectivity index (χ3v) is 3.24. The summed E-state index contributed by atoms with van der Waals surface area (Å²) in [6, 6.07) is 0. The van der Waals surface area contributed by atoms with Crippen LogP contribution in [0.5, 0.6) is 0 Å². The topological polar surface area (TPSA) is 168 Å². The molecular formula is C11H12O10. The van der Waals surface area contributed by atoms with Crippen molar-refractivity contribution in [1.82, 2.24) is 0 Å². The van der Waals surface area contributed by atoms with E-state index in [0.29, 0.717) is 0 Å². The van der Waals surface area contributed by atoms with E-state index >= 15 is 0 Å². The predicted molar refractivity (Wildman–Crippen MR) is 58.4 cm³/mol. The summed E-state index contributed by atoms with van der Waals surface area (Å²) < 4.78 is 8.69. The maximum Gasteiger partial charge on any atom is 0.339 e. The van der Waals surface area contributed by atoms with Crippen molar-refractivity contribution in [1.29, 1.82) is 0 Å². The maximum atomic E-state index is 11.6. The van der Waals surface area contributed by atoms with Crippen molar-refractivity contribution in [2.24, 2.45) is 0 Å². The van der Waals surface area contributed by atoms with E-state index in [1.54, 1.807) is 0 Å². The van der Waals surface area contributed by atoms with Gasteiger partial charge in [0.25, 0.3) is 0 Å². The zero-order chi connectivity index (χ0) is 15.9. The van der Waals surface area contributed by atoms with Gasteiger partial charge in [0.1, 0.15) is 0 Å². The molecule has 2 aliphatic rings. The molecule has 10 heteroatoms. The monoisotopic (exact) mass is 304 g/mol. The number of hydrogen-bond donors (Lipinski definition) is 4. The van der Waals surface area contributed by atoms with E-state index in [4.69, 9.17) is 10.2 Å². The molecule has 0 radical (unpaired) electrons. The van der Waals surface area contributed by atoms with Crippen LogP contribution in [0.2, 0.25) is 0 Å². The number of ketones is 2. The van der Waals surface area contributed by atoms with Crippen LogP contribution in [-0.2, 0) is 28.7 Å². The van der Waals surface area contributed by atoms with E-state index in [9.17, 15) is 29.4 Å². The molecule has 0 aromatic heterocycles. The zero-order valence-electron chi connectivity index (χ0n) is 10.4. The predicted octanol–water partition coefficient (Wildman–Crippen LogP) is -4.19. The Balaban J connectivity index is 1.86. The Labute approximate surface area is 116 Å². The summed E-state index contributed by atoms with van der Waals surface area (Å²) in [6.07, 6.45) is -11.0. The Morgan fingerprint density at radius 2 is 1.24 bits per heavy atom. The van der Waals surface area contributed by atoms with E-state index in [2.05, 4.69) is 9.47 Å². The van der Waals surface area contributed by atoms with Crippen molar-refractivity contribution < 1.29 is 49.1 Å². The fourth-order valence-corrected chi connectivity index (χ4v) is 1.88. The van der Waals surface area contributed by atoms with E-state index in [-0.39, 0.29) is 0 Å². The van der Waals surface area contributed by atoms with Crippen LogP contribution < -0.4 is 0 Å². The Morgan fingerprint density at radius 3 is 1.48 bits per heavy atom. The molecule has 21 heavy (non-hydrogen) atoms. The highest BCUT2D eigenvalue weighted by atomic mass is 16.6. The summed E-state index contributed by atoms with van der Waals surface area (Å²) in [4.78, 5) is 44.4. The highest BCUT2D eigenvalue weighted by Gasteiger charge is 2.50. The molecule has 0 amide bonds. The quantitative estimate of drug-likeness (QED) is 0.279. The van der Waals surface area contributed by atoms with Crippen molar-refractivity contribution in [3.8, 4) is 0 Å². The number of hydrogen-bond acceptors (Lipinski definition) is 10. The molecule has 0 aromatic carbocycles. The highest BCUT2D eigenvalue weighted by Crippen LogP contribution is 2.22. The Hall–Kier alpha value is -1.88. The molecule has 0 aliphatic carbocycles. The van der Waals surface area contributed by atoms with Gasteiger partial charge in [0.2, 0.25) is 0 Å². The maximum absolute atomic E-state index is 11.6. The number of carbonyl (C=O) groups excluding carboxylic acids is 4. The molecule has 2 heterocycles. The summed E-state index contributed by atoms with van der Waals surface area (Å²) >= 11 is 0. The Kier molecular flexibility index (Phi) is 4.05. The van der Waals surface area contributed by atoms with Gasteiger partial charge in [0.15, 0.2) is 48.2 Å². The Morgan fingerprint density at radius 1 is 0.905 bits per heavy atom. The average Bonchev–Trinajstić information content (AvgIpc) is 2.47. The van der Waals surface area contributed by atoms with Gasteiger partial charge in [-0.2, -0.15) is 0 Å². The first-order valence-corrected chi connectivity index (χ1v) is 5.92. The number of Topliss-reactive ketones (excluding diaryl/α,β-unsaturated/α-hetero) is 2. The lowest BCUT2D eigenvalue weighted by Crippen LogP contribution is -2.60. The SMILES string of the molecule is O=C(CC(=O)C(O)C1OC(=O)C1O)C(O)C1OC(=O)C1O. The molecule has 2 rings (SSSR count). The fourth-order valence-electron chi connectivity index (χ4n) is 1.88. The van der Waals surface area contributed by atoms with E-state index < -0.39 is 66.5 Å². The molecule has 2 fully saturated rings. The van der Waals surface area contributed by atoms with Crippen molar-refractivity contribution in [2.75, 3.05) is 0 Å². The number of carbonyl (C=O) groups is 4. The van der Waals surface area contributed by atoms with Gasteiger partial charge >= 0.3 is 11.9 Å². The summed E-state index contributed by atoms with van der Waals surface area (Å²) in [5.74, 6) is -4.17. The second kappa shape index (κ2) is 5.48. The van der Waals surface area contributed by atoms with E-state index in [1.165, 1.54) is 0 Å². The number of ether oxygens (including phenoxy) is 2. The minimum absolute atomic E-state index is 0.941. The van der Waals surface area contributed by atoms with Crippen LogP contribution >= 0.6 is 0 Å². The summed E-state index contributed by atoms with van der Waals surface area (Å²) in [6.45, 7) is 0. The third-order valence-electron chi connectivity index (χ3n) is 3.24. The number of aliphatic hydroxyl groups is 4. The average molecular weight is 304 g/mol. The third kappa shape index (κ3) is 2.65. The van der Waals surface area contributed by atoms with Crippen molar-refractivity contribution in [2.45, 2.75) is 43.0 Å². The molecule has 2 aliphatic heterocycles. The molecular weight excluding hydrogens is 292 g/mol. The van der Waals surface area contributed by atoms with E-state index in [0.717, 1.165) is 0 Å². The number of rotatable bonds is 6. The molecule has 10 nitrogen and oxygen atoms in total. The van der Waals surface area contributed by atoms with Crippen LogP contribution in [-0.4, -0.2) is 80.6 Å². The van der Waals surface area contributed by atoms with Crippen molar-refractivity contribution in [3.63, 3.8) is 0 Å². The minimum Gasteiger partial charge on any atom is -0.454 e. The number of esters is 2. The van der Waals surface area contributed by atoms with Gasteiger partial charge in [-0.1, -0.05) is 0 Å². The van der Waals surface area contributed by atoms with Crippen molar-refractivity contribution >= 4 is 23.5 Å². The summed E-state index contributed by atoms with van der Waals surface area (Å²) in [5, 5.41) is 37.3. The van der Waals surface area contributed by atoms with Gasteiger partial charge in [-0.15, -0.1) is 0 Å². The van der Waals surface area contributed by atoms with Crippen LogP contribution in [0.15, 0.2) is 0 Å². The lowest BCUT2D eigenvalue weighted by atomic mass is 9.93. The van der Waals surface area contributed by atoms with Gasteiger partial charge in [0.05, 0.1) is 6.42 Å². The van der Waals surface area contributed by atoms with Crippen molar-refractivity contribution in [3.05, 3.63) is 0 Å². The van der Waals surface area contributed by atoms with Gasteiger partial charge < -0.3 is 29.9 Å². The number of aliphatic hydroxyl groups excluding tert-OH is 4. The normalized spacial score (nSPS) is 33.9. The second-order valence-electron chi connectivity index (χ2n) is 4.69. The van der Waals surface area contributed by atoms with Crippen LogP contribution in [0.3, 0.4) is 0 Å².